The van der Waals surface area contributed by atoms with Crippen LogP contribution in [0.25, 0.3) is 22.2 Å². The summed E-state index contributed by atoms with van der Waals surface area (Å²) in [5, 5.41) is 4.38. The minimum Gasteiger partial charge on any atom is -0.484 e. The van der Waals surface area contributed by atoms with Crippen LogP contribution in [0.1, 0.15) is 5.56 Å². The Morgan fingerprint density at radius 3 is 2.79 bits per heavy atom. The topological polar surface area (TPSA) is 106 Å². The number of carbonyl (C=O) groups is 1. The lowest BCUT2D eigenvalue weighted by Gasteiger charge is -2.10. The van der Waals surface area contributed by atoms with Gasteiger partial charge in [-0.2, -0.15) is 0 Å². The van der Waals surface area contributed by atoms with Gasteiger partial charge in [0.25, 0.3) is 5.91 Å². The average Bonchev–Trinajstić information content (AvgIpc) is 3.20. The number of benzene rings is 1. The van der Waals surface area contributed by atoms with E-state index < -0.39 is 5.91 Å². The van der Waals surface area contributed by atoms with Gasteiger partial charge in [0.2, 0.25) is 0 Å². The molecule has 3 aromatic heterocycles. The number of fused-ring (bicyclic) bond motifs is 1. The number of H-pyrrole nitrogens is 1. The number of aromatic nitrogens is 3. The van der Waals surface area contributed by atoms with E-state index >= 15 is 0 Å². The zero-order valence-electron chi connectivity index (χ0n) is 15.1. The van der Waals surface area contributed by atoms with Crippen LogP contribution in [0.15, 0.2) is 67.1 Å². The molecule has 0 atom stereocenters. The molecule has 0 saturated carbocycles. The lowest BCUT2D eigenvalue weighted by molar-refractivity contribution is -0.119. The quantitative estimate of drug-likeness (QED) is 0.462. The first-order valence-electron chi connectivity index (χ1n) is 8.81. The molecule has 3 heterocycles. The van der Waals surface area contributed by atoms with Crippen LogP contribution in [0, 0.1) is 0 Å². The van der Waals surface area contributed by atoms with E-state index in [0.29, 0.717) is 12.3 Å². The fourth-order valence-corrected chi connectivity index (χ4v) is 2.95. The number of pyridine rings is 2. The zero-order valence-corrected chi connectivity index (χ0v) is 15.1. The summed E-state index contributed by atoms with van der Waals surface area (Å²) in [6.45, 7) is 0.492. The van der Waals surface area contributed by atoms with E-state index in [2.05, 4.69) is 20.3 Å². The highest BCUT2D eigenvalue weighted by Crippen LogP contribution is 2.31. The summed E-state index contributed by atoms with van der Waals surface area (Å²) >= 11 is 0. The standard InChI is InChI=1S/C21H19N5O2/c22-19(27)13-28-16-5-3-15(4-6-16)18-10-20(26-21-17(18)7-9-24-21)25-12-14-2-1-8-23-11-14/h1-11H,12-13H2,(H2,22,27)(H2,24,25,26). The fraction of sp³-hybridized carbons (Fsp3) is 0.0952. The summed E-state index contributed by atoms with van der Waals surface area (Å²) in [6, 6.07) is 15.5. The second-order valence-corrected chi connectivity index (χ2v) is 6.29. The Morgan fingerprint density at radius 2 is 2.04 bits per heavy atom. The number of nitrogens with one attached hydrogen (secondary N) is 2. The summed E-state index contributed by atoms with van der Waals surface area (Å²) in [6.07, 6.45) is 5.45. The zero-order chi connectivity index (χ0) is 19.3. The maximum atomic E-state index is 10.9. The van der Waals surface area contributed by atoms with Crippen LogP contribution in [0.5, 0.6) is 5.75 Å². The van der Waals surface area contributed by atoms with Gasteiger partial charge in [0.05, 0.1) is 0 Å². The number of nitrogens with zero attached hydrogens (tertiary/aromatic N) is 2. The number of aromatic amines is 1. The van der Waals surface area contributed by atoms with E-state index in [4.69, 9.17) is 10.5 Å². The normalized spacial score (nSPS) is 10.7. The molecule has 0 saturated heterocycles. The summed E-state index contributed by atoms with van der Waals surface area (Å²) in [4.78, 5) is 22.8. The lowest BCUT2D eigenvalue weighted by atomic mass is 10.0. The van der Waals surface area contributed by atoms with E-state index in [1.165, 1.54) is 0 Å². The molecule has 4 rings (SSSR count). The van der Waals surface area contributed by atoms with Crippen LogP contribution in [0.2, 0.25) is 0 Å². The van der Waals surface area contributed by atoms with Crippen molar-refractivity contribution in [3.05, 3.63) is 72.7 Å². The molecule has 0 aliphatic heterocycles. The van der Waals surface area contributed by atoms with Gasteiger partial charge >= 0.3 is 0 Å². The number of hydrogen-bond donors (Lipinski definition) is 3. The third kappa shape index (κ3) is 3.93. The van der Waals surface area contributed by atoms with Gasteiger partial charge in [-0.3, -0.25) is 9.78 Å². The second kappa shape index (κ2) is 7.79. The van der Waals surface area contributed by atoms with Crippen molar-refractivity contribution in [1.29, 1.82) is 0 Å². The summed E-state index contributed by atoms with van der Waals surface area (Å²) in [7, 11) is 0. The van der Waals surface area contributed by atoms with Crippen LogP contribution in [0.3, 0.4) is 0 Å². The molecule has 7 nitrogen and oxygen atoms in total. The van der Waals surface area contributed by atoms with Gasteiger partial charge in [-0.05, 0) is 47.0 Å². The van der Waals surface area contributed by atoms with Crippen LogP contribution in [-0.2, 0) is 11.3 Å². The molecule has 7 heteroatoms. The van der Waals surface area contributed by atoms with Crippen LogP contribution >= 0.6 is 0 Å². The number of amides is 1. The smallest absolute Gasteiger partial charge is 0.255 e. The fourth-order valence-electron chi connectivity index (χ4n) is 2.95. The van der Waals surface area contributed by atoms with Crippen molar-refractivity contribution in [2.75, 3.05) is 11.9 Å². The Hall–Kier alpha value is -3.87. The van der Waals surface area contributed by atoms with Gasteiger partial charge in [-0.25, -0.2) is 4.98 Å². The largest absolute Gasteiger partial charge is 0.484 e. The molecular weight excluding hydrogens is 354 g/mol. The number of carbonyl (C=O) groups excluding carboxylic acids is 1. The van der Waals surface area contributed by atoms with Gasteiger partial charge in [0.1, 0.15) is 17.2 Å². The Balaban J connectivity index is 1.60. The molecule has 140 valence electrons. The Bertz CT molecular complexity index is 1090. The highest BCUT2D eigenvalue weighted by Gasteiger charge is 2.10. The van der Waals surface area contributed by atoms with Gasteiger partial charge < -0.3 is 20.8 Å². The molecule has 0 aliphatic carbocycles. The third-order valence-electron chi connectivity index (χ3n) is 4.27. The number of anilines is 1. The maximum Gasteiger partial charge on any atom is 0.255 e. The number of nitrogens with two attached hydrogens (primary N) is 1. The van der Waals surface area contributed by atoms with Gasteiger partial charge in [-0.15, -0.1) is 0 Å². The van der Waals surface area contributed by atoms with E-state index in [9.17, 15) is 4.79 Å². The van der Waals surface area contributed by atoms with Crippen molar-refractivity contribution in [1.82, 2.24) is 15.0 Å². The molecule has 0 aliphatic rings. The molecule has 0 fully saturated rings. The molecule has 0 bridgehead atoms. The number of rotatable bonds is 7. The molecule has 1 aromatic carbocycles. The van der Waals surface area contributed by atoms with Crippen molar-refractivity contribution in [2.45, 2.75) is 6.54 Å². The van der Waals surface area contributed by atoms with Crippen molar-refractivity contribution in [3.8, 4) is 16.9 Å². The number of ether oxygens (including phenoxy) is 1. The Labute approximate surface area is 161 Å². The average molecular weight is 373 g/mol. The van der Waals surface area contributed by atoms with Gasteiger partial charge in [-0.1, -0.05) is 18.2 Å². The molecule has 28 heavy (non-hydrogen) atoms. The molecule has 0 spiro atoms. The molecule has 4 N–H and O–H groups in total. The van der Waals surface area contributed by atoms with Crippen molar-refractivity contribution < 1.29 is 9.53 Å². The number of primary amides is 1. The molecule has 1 amide bonds. The highest BCUT2D eigenvalue weighted by atomic mass is 16.5. The molecule has 4 aromatic rings. The van der Waals surface area contributed by atoms with Crippen molar-refractivity contribution in [3.63, 3.8) is 0 Å². The first-order valence-corrected chi connectivity index (χ1v) is 8.81. The lowest BCUT2D eigenvalue weighted by Crippen LogP contribution is -2.19. The first-order chi connectivity index (χ1) is 13.7. The third-order valence-corrected chi connectivity index (χ3v) is 4.27. The second-order valence-electron chi connectivity index (χ2n) is 6.29. The minimum absolute atomic E-state index is 0.140. The predicted molar refractivity (Wildman–Crippen MR) is 108 cm³/mol. The highest BCUT2D eigenvalue weighted by molar-refractivity contribution is 5.94. The SMILES string of the molecule is NC(=O)COc1ccc(-c2cc(NCc3cccnc3)nc3[nH]ccc23)cc1. The van der Waals surface area contributed by atoms with E-state index in [-0.39, 0.29) is 6.61 Å². The van der Waals surface area contributed by atoms with E-state index in [1.807, 2.05) is 60.9 Å². The molecule has 0 unspecified atom stereocenters. The molecular formula is C21H19N5O2. The number of hydrogen-bond acceptors (Lipinski definition) is 5. The van der Waals surface area contributed by atoms with Crippen LogP contribution in [-0.4, -0.2) is 27.5 Å². The van der Waals surface area contributed by atoms with Crippen LogP contribution in [0.4, 0.5) is 5.82 Å². The summed E-state index contributed by atoms with van der Waals surface area (Å²) in [5.74, 6) is 0.858. The van der Waals surface area contributed by atoms with Crippen molar-refractivity contribution in [2.24, 2.45) is 5.73 Å². The Kier molecular flexibility index (Phi) is 4.88. The van der Waals surface area contributed by atoms with E-state index in [1.54, 1.807) is 6.20 Å². The predicted octanol–water partition coefficient (Wildman–Crippen LogP) is 3.10. The van der Waals surface area contributed by atoms with Crippen LogP contribution < -0.4 is 15.8 Å². The minimum atomic E-state index is -0.503. The molecule has 0 radical (unpaired) electrons. The summed E-state index contributed by atoms with van der Waals surface area (Å²) < 4.78 is 5.33. The summed E-state index contributed by atoms with van der Waals surface area (Å²) in [5.41, 5.74) is 9.06. The van der Waals surface area contributed by atoms with E-state index in [0.717, 1.165) is 33.5 Å². The Morgan fingerprint density at radius 1 is 1.18 bits per heavy atom. The monoisotopic (exact) mass is 373 g/mol. The van der Waals surface area contributed by atoms with Gasteiger partial charge in [0, 0.05) is 30.5 Å². The van der Waals surface area contributed by atoms with Gasteiger partial charge in [0.15, 0.2) is 6.61 Å². The maximum absolute atomic E-state index is 10.9. The first kappa shape index (κ1) is 17.5. The van der Waals surface area contributed by atoms with Crippen molar-refractivity contribution >= 4 is 22.8 Å².